The minimum atomic E-state index is -1.82. The van der Waals surface area contributed by atoms with E-state index in [1.807, 2.05) is 0 Å². The fourth-order valence-corrected chi connectivity index (χ4v) is 4.30. The Morgan fingerprint density at radius 3 is 1.94 bits per heavy atom. The standard InChI is InChI=1S/C25H11F7/c26-12-9-15(22(29)18(28)10-12)13-5-1-2-6-14(13)20-16-8-11-4-3-7-17(27)19(11)21(16)24(31)25(32)23(20)30/h1-7,9-10H,8H2. The maximum Gasteiger partial charge on any atom is 0.195 e. The highest BCUT2D eigenvalue weighted by atomic mass is 19.2. The first kappa shape index (κ1) is 20.3. The van der Waals surface area contributed by atoms with Crippen molar-refractivity contribution in [3.8, 4) is 33.4 Å². The fraction of sp³-hybridized carbons (Fsp3) is 0.0400. The molecule has 5 rings (SSSR count). The molecule has 0 fully saturated rings. The number of hydrogen-bond acceptors (Lipinski definition) is 0. The molecule has 4 aromatic carbocycles. The topological polar surface area (TPSA) is 0 Å². The zero-order valence-electron chi connectivity index (χ0n) is 16.0. The van der Waals surface area contributed by atoms with Gasteiger partial charge in [-0.3, -0.25) is 0 Å². The van der Waals surface area contributed by atoms with E-state index >= 15 is 4.39 Å². The van der Waals surface area contributed by atoms with Crippen LogP contribution in [0.2, 0.25) is 0 Å². The lowest BCUT2D eigenvalue weighted by atomic mass is 9.88. The molecule has 7 heteroatoms. The first-order chi connectivity index (χ1) is 15.3. The molecule has 0 atom stereocenters. The number of halogens is 7. The molecule has 0 amide bonds. The second kappa shape index (κ2) is 7.22. The molecule has 0 aliphatic heterocycles. The number of benzene rings is 4. The second-order valence-corrected chi connectivity index (χ2v) is 7.42. The minimum absolute atomic E-state index is 0.0359. The van der Waals surface area contributed by atoms with Crippen LogP contribution in [0.3, 0.4) is 0 Å². The van der Waals surface area contributed by atoms with Crippen LogP contribution in [0.15, 0.2) is 54.6 Å². The quantitative estimate of drug-likeness (QED) is 0.150. The van der Waals surface area contributed by atoms with E-state index in [0.717, 1.165) is 12.1 Å². The van der Waals surface area contributed by atoms with Crippen LogP contribution in [0.1, 0.15) is 11.1 Å². The van der Waals surface area contributed by atoms with Crippen LogP contribution in [0, 0.1) is 40.7 Å². The fourth-order valence-electron chi connectivity index (χ4n) is 4.30. The second-order valence-electron chi connectivity index (χ2n) is 7.42. The summed E-state index contributed by atoms with van der Waals surface area (Å²) >= 11 is 0. The number of hydrogen-bond donors (Lipinski definition) is 0. The lowest BCUT2D eigenvalue weighted by Gasteiger charge is -2.17. The molecular weight excluding hydrogens is 433 g/mol. The third kappa shape index (κ3) is 2.84. The van der Waals surface area contributed by atoms with Gasteiger partial charge in [-0.15, -0.1) is 0 Å². The first-order valence-corrected chi connectivity index (χ1v) is 9.51. The van der Waals surface area contributed by atoms with E-state index in [0.29, 0.717) is 11.6 Å². The Bertz CT molecular complexity index is 1420. The SMILES string of the molecule is Fc1cc(F)c(F)c(-c2ccccc2-c2c(F)c(F)c(F)c3c2Cc2cccc(F)c2-3)c1. The third-order valence-electron chi connectivity index (χ3n) is 5.62. The van der Waals surface area contributed by atoms with Crippen LogP contribution in [0.5, 0.6) is 0 Å². The Balaban J connectivity index is 1.87. The molecule has 4 aromatic rings. The zero-order valence-corrected chi connectivity index (χ0v) is 16.0. The van der Waals surface area contributed by atoms with Crippen LogP contribution in [-0.2, 0) is 6.42 Å². The van der Waals surface area contributed by atoms with E-state index in [1.165, 1.54) is 36.4 Å². The van der Waals surface area contributed by atoms with Gasteiger partial charge in [-0.2, -0.15) is 0 Å². The minimum Gasteiger partial charge on any atom is -0.207 e. The van der Waals surface area contributed by atoms with Crippen molar-refractivity contribution < 1.29 is 30.7 Å². The number of fused-ring (bicyclic) bond motifs is 3. The van der Waals surface area contributed by atoms with Gasteiger partial charge in [0.05, 0.1) is 0 Å². The molecule has 0 heterocycles. The Labute approximate surface area is 177 Å². The predicted octanol–water partition coefficient (Wildman–Crippen LogP) is 7.57. The van der Waals surface area contributed by atoms with E-state index in [-0.39, 0.29) is 28.7 Å². The highest BCUT2D eigenvalue weighted by Gasteiger charge is 2.34. The lowest BCUT2D eigenvalue weighted by molar-refractivity contribution is 0.449. The first-order valence-electron chi connectivity index (χ1n) is 9.51. The summed E-state index contributed by atoms with van der Waals surface area (Å²) in [4.78, 5) is 0. The predicted molar refractivity (Wildman–Crippen MR) is 105 cm³/mol. The van der Waals surface area contributed by atoms with Crippen molar-refractivity contribution in [2.24, 2.45) is 0 Å². The van der Waals surface area contributed by atoms with Crippen molar-refractivity contribution in [2.45, 2.75) is 6.42 Å². The molecule has 0 saturated heterocycles. The van der Waals surface area contributed by atoms with Crippen molar-refractivity contribution in [2.75, 3.05) is 0 Å². The lowest BCUT2D eigenvalue weighted by Crippen LogP contribution is -2.03. The van der Waals surface area contributed by atoms with Gasteiger partial charge in [-0.25, -0.2) is 30.7 Å². The summed E-state index contributed by atoms with van der Waals surface area (Å²) in [6.45, 7) is 0. The van der Waals surface area contributed by atoms with Gasteiger partial charge in [0.2, 0.25) is 0 Å². The normalized spacial score (nSPS) is 12.1. The molecule has 0 radical (unpaired) electrons. The van der Waals surface area contributed by atoms with Gasteiger partial charge >= 0.3 is 0 Å². The highest BCUT2D eigenvalue weighted by molar-refractivity contribution is 5.91. The monoisotopic (exact) mass is 444 g/mol. The van der Waals surface area contributed by atoms with Crippen LogP contribution >= 0.6 is 0 Å². The largest absolute Gasteiger partial charge is 0.207 e. The van der Waals surface area contributed by atoms with Crippen LogP contribution in [0.25, 0.3) is 33.4 Å². The maximum absolute atomic E-state index is 15.1. The van der Waals surface area contributed by atoms with Gasteiger partial charge in [-0.1, -0.05) is 36.4 Å². The summed E-state index contributed by atoms with van der Waals surface area (Å²) in [7, 11) is 0. The van der Waals surface area contributed by atoms with Gasteiger partial charge < -0.3 is 0 Å². The molecule has 0 nitrogen and oxygen atoms in total. The molecule has 1 aliphatic rings. The van der Waals surface area contributed by atoms with Gasteiger partial charge in [0.25, 0.3) is 0 Å². The van der Waals surface area contributed by atoms with Crippen molar-refractivity contribution in [3.63, 3.8) is 0 Å². The summed E-state index contributed by atoms with van der Waals surface area (Å²) < 4.78 is 101. The summed E-state index contributed by atoms with van der Waals surface area (Å²) in [6.07, 6.45) is -0.111. The molecule has 0 bridgehead atoms. The smallest absolute Gasteiger partial charge is 0.195 e. The third-order valence-corrected chi connectivity index (χ3v) is 5.62. The van der Waals surface area contributed by atoms with E-state index in [4.69, 9.17) is 0 Å². The Kier molecular flexibility index (Phi) is 4.58. The summed E-state index contributed by atoms with van der Waals surface area (Å²) in [5.74, 6) is -9.63. The average Bonchev–Trinajstić information content (AvgIpc) is 3.16. The molecule has 0 spiro atoms. The molecular formula is C25H11F7. The van der Waals surface area contributed by atoms with Crippen molar-refractivity contribution in [3.05, 3.63) is 106 Å². The Morgan fingerprint density at radius 1 is 0.500 bits per heavy atom. The van der Waals surface area contributed by atoms with Crippen molar-refractivity contribution >= 4 is 0 Å². The Morgan fingerprint density at radius 2 is 1.19 bits per heavy atom. The van der Waals surface area contributed by atoms with Gasteiger partial charge in [0.1, 0.15) is 11.6 Å². The average molecular weight is 444 g/mol. The zero-order chi connectivity index (χ0) is 22.7. The molecule has 0 saturated carbocycles. The summed E-state index contributed by atoms with van der Waals surface area (Å²) in [5, 5.41) is 0. The van der Waals surface area contributed by atoms with Crippen molar-refractivity contribution in [1.29, 1.82) is 0 Å². The molecule has 0 unspecified atom stereocenters. The van der Waals surface area contributed by atoms with Gasteiger partial charge in [0, 0.05) is 28.3 Å². The van der Waals surface area contributed by atoms with E-state index in [1.54, 1.807) is 0 Å². The maximum atomic E-state index is 15.1. The van der Waals surface area contributed by atoms with Crippen molar-refractivity contribution in [1.82, 2.24) is 0 Å². The van der Waals surface area contributed by atoms with E-state index in [2.05, 4.69) is 0 Å². The number of rotatable bonds is 2. The van der Waals surface area contributed by atoms with Gasteiger partial charge in [0.15, 0.2) is 29.1 Å². The van der Waals surface area contributed by atoms with E-state index in [9.17, 15) is 26.3 Å². The molecule has 0 N–H and O–H groups in total. The molecule has 1 aliphatic carbocycles. The molecule has 0 aromatic heterocycles. The molecule has 160 valence electrons. The van der Waals surface area contributed by atoms with Crippen LogP contribution in [-0.4, -0.2) is 0 Å². The van der Waals surface area contributed by atoms with Gasteiger partial charge in [-0.05, 0) is 40.8 Å². The van der Waals surface area contributed by atoms with Crippen LogP contribution in [0.4, 0.5) is 30.7 Å². The highest BCUT2D eigenvalue weighted by Crippen LogP contribution is 2.48. The summed E-state index contributed by atoms with van der Waals surface area (Å²) in [5.41, 5.74) is -1.50. The molecule has 32 heavy (non-hydrogen) atoms. The van der Waals surface area contributed by atoms with E-state index < -0.39 is 57.4 Å². The Hall–Kier alpha value is -3.61. The summed E-state index contributed by atoms with van der Waals surface area (Å²) in [6, 6.07) is 10.5. The van der Waals surface area contributed by atoms with Crippen LogP contribution < -0.4 is 0 Å².